The molecule has 2 atom stereocenters. The van der Waals surface area contributed by atoms with E-state index in [9.17, 15) is 29.1 Å². The molecule has 0 saturated carbocycles. The van der Waals surface area contributed by atoms with Gasteiger partial charge < -0.3 is 40.5 Å². The molecule has 22 heteroatoms. The van der Waals surface area contributed by atoms with Crippen molar-refractivity contribution in [2.75, 3.05) is 115 Å². The molecule has 9 rings (SSSR count). The fourth-order valence-electron chi connectivity index (χ4n) is 10.9. The van der Waals surface area contributed by atoms with Crippen molar-refractivity contribution in [2.24, 2.45) is 5.92 Å². The molecule has 3 saturated heterocycles. The average molecular weight is 1190 g/mol. The molecular formula is C63H87ClN14O7. The van der Waals surface area contributed by atoms with E-state index in [1.165, 1.54) is 17.6 Å². The number of aliphatic hydroxyl groups is 1. The van der Waals surface area contributed by atoms with Crippen LogP contribution >= 0.6 is 11.6 Å². The third-order valence-electron chi connectivity index (χ3n) is 15.4. The highest BCUT2D eigenvalue weighted by Gasteiger charge is 2.35. The first kappa shape index (κ1) is 65.4. The zero-order valence-electron chi connectivity index (χ0n) is 50.9. The molecule has 1 aliphatic carbocycles. The number of aliphatic hydroxyl groups excluding tert-OH is 1. The molecule has 3 aromatic heterocycles. The lowest BCUT2D eigenvalue weighted by molar-refractivity contribution is -0.130. The largest absolute Gasteiger partial charge is 0.444 e. The molecule has 4 N–H and O–H groups in total. The van der Waals surface area contributed by atoms with Gasteiger partial charge in [-0.3, -0.25) is 33.9 Å². The minimum absolute atomic E-state index is 0.0243. The summed E-state index contributed by atoms with van der Waals surface area (Å²) in [6.07, 6.45) is 9.00. The summed E-state index contributed by atoms with van der Waals surface area (Å²) in [4.78, 5) is 99.4. The zero-order valence-corrected chi connectivity index (χ0v) is 51.6. The Kier molecular flexibility index (Phi) is 24.5. The number of piperazine rings is 2. The van der Waals surface area contributed by atoms with Gasteiger partial charge in [0.1, 0.15) is 30.6 Å². The van der Waals surface area contributed by atoms with Gasteiger partial charge in [0.2, 0.25) is 17.7 Å². The van der Waals surface area contributed by atoms with E-state index >= 15 is 0 Å². The van der Waals surface area contributed by atoms with Crippen LogP contribution < -0.4 is 20.9 Å². The standard InChI is InChI=1S/C41H58N10O5.C20H23ClN4O2.C2H6/c1-6-30-8-7-9-32(22-30)33-23-35(47-37(53)28-51(40(55)56-41(2,3)4)26-34-10-13-43-29-46-34)38(45-24-33)39(54)50-20-18-49(19-21-50)25-31-11-16-48(17-12-31)27-36(52)44-15-14-42-5;1-13-10-16(26)19-18(13)20(23-12-22-19)25-8-6-24(7-9-25)17(27)11-14-2-4-15(21)5-3-14;1-2/h7-10,13,22-24,29,31,42H,6,11-12,14-21,25-28H2,1-5H3,(H,44,52)(H,47,53);2-5,12-13,16,26H,6-11H2,1H3;1-2H3/t;13-,16?;/m.1./s1. The number of pyridine rings is 1. The van der Waals surface area contributed by atoms with Crippen molar-refractivity contribution in [3.8, 4) is 11.1 Å². The molecule has 6 heterocycles. The molecule has 3 fully saturated rings. The van der Waals surface area contributed by atoms with Crippen LogP contribution in [0.1, 0.15) is 118 Å². The Labute approximate surface area is 506 Å². The number of ether oxygens (including phenoxy) is 1. The average Bonchev–Trinajstić information content (AvgIpc) is 3.38. The fraction of sp³-hybridized carbons (Fsp3) is 0.524. The van der Waals surface area contributed by atoms with E-state index in [1.54, 1.807) is 50.2 Å². The van der Waals surface area contributed by atoms with Crippen LogP contribution in [0.25, 0.3) is 11.1 Å². The maximum Gasteiger partial charge on any atom is 0.411 e. The van der Waals surface area contributed by atoms with E-state index in [4.69, 9.17) is 16.3 Å². The number of piperidine rings is 1. The number of anilines is 2. The van der Waals surface area contributed by atoms with Gasteiger partial charge in [-0.05, 0) is 119 Å². The molecule has 5 amide bonds. The minimum atomic E-state index is -0.783. The van der Waals surface area contributed by atoms with Crippen molar-refractivity contribution in [2.45, 2.75) is 105 Å². The Morgan fingerprint density at radius 1 is 0.788 bits per heavy atom. The molecule has 0 spiro atoms. The second-order valence-corrected chi connectivity index (χ2v) is 23.3. The summed E-state index contributed by atoms with van der Waals surface area (Å²) in [5, 5.41) is 19.8. The van der Waals surface area contributed by atoms with Crippen molar-refractivity contribution in [1.82, 2.24) is 60.1 Å². The van der Waals surface area contributed by atoms with Gasteiger partial charge in [0.05, 0.1) is 42.7 Å². The summed E-state index contributed by atoms with van der Waals surface area (Å²) < 4.78 is 5.62. The lowest BCUT2D eigenvalue weighted by Gasteiger charge is -2.38. The number of rotatable bonds is 18. The van der Waals surface area contributed by atoms with Crippen molar-refractivity contribution in [3.63, 3.8) is 0 Å². The molecule has 458 valence electrons. The molecule has 0 radical (unpaired) electrons. The molecule has 3 aliphatic heterocycles. The first-order chi connectivity index (χ1) is 40.9. The van der Waals surface area contributed by atoms with Crippen molar-refractivity contribution in [3.05, 3.63) is 125 Å². The summed E-state index contributed by atoms with van der Waals surface area (Å²) in [7, 11) is 1.87. The Morgan fingerprint density at radius 2 is 1.51 bits per heavy atom. The van der Waals surface area contributed by atoms with Crippen LogP contribution in [-0.2, 0) is 38.5 Å². The molecule has 1 unspecified atom stereocenters. The number of amides is 5. The number of hydrogen-bond donors (Lipinski definition) is 4. The Balaban J connectivity index is 0.000000296. The third-order valence-corrected chi connectivity index (χ3v) is 15.7. The number of nitrogens with zero attached hydrogens (tertiary/aromatic N) is 11. The maximum atomic E-state index is 14.1. The Hall–Kier alpha value is -7.17. The predicted molar refractivity (Wildman–Crippen MR) is 330 cm³/mol. The number of fused-ring (bicyclic) bond motifs is 1. The first-order valence-corrected chi connectivity index (χ1v) is 30.4. The lowest BCUT2D eigenvalue weighted by atomic mass is 9.96. The number of likely N-dealkylation sites (tertiary alicyclic amines) is 1. The highest BCUT2D eigenvalue weighted by Crippen LogP contribution is 2.43. The Morgan fingerprint density at radius 3 is 2.18 bits per heavy atom. The van der Waals surface area contributed by atoms with E-state index in [-0.39, 0.29) is 48.1 Å². The zero-order chi connectivity index (χ0) is 61.0. The van der Waals surface area contributed by atoms with Crippen LogP contribution in [0, 0.1) is 5.92 Å². The van der Waals surface area contributed by atoms with Crippen molar-refractivity contribution >= 4 is 52.8 Å². The second-order valence-electron chi connectivity index (χ2n) is 22.8. The summed E-state index contributed by atoms with van der Waals surface area (Å²) in [5.41, 5.74) is 5.79. The molecule has 0 bridgehead atoms. The highest BCUT2D eigenvalue weighted by molar-refractivity contribution is 6.30. The van der Waals surface area contributed by atoms with Crippen molar-refractivity contribution < 1.29 is 33.8 Å². The van der Waals surface area contributed by atoms with Gasteiger partial charge in [-0.2, -0.15) is 0 Å². The van der Waals surface area contributed by atoms with Gasteiger partial charge in [0, 0.05) is 101 Å². The van der Waals surface area contributed by atoms with E-state index in [1.807, 2.05) is 62.2 Å². The molecule has 21 nitrogen and oxygen atoms in total. The fourth-order valence-corrected chi connectivity index (χ4v) is 11.0. The molecule has 2 aromatic carbocycles. The highest BCUT2D eigenvalue weighted by atomic mass is 35.5. The topological polar surface area (TPSA) is 235 Å². The molecular weight excluding hydrogens is 1100 g/mol. The third kappa shape index (κ3) is 19.2. The Bertz CT molecular complexity index is 2980. The minimum Gasteiger partial charge on any atom is -0.444 e. The van der Waals surface area contributed by atoms with E-state index < -0.39 is 23.7 Å². The van der Waals surface area contributed by atoms with Gasteiger partial charge in [-0.15, -0.1) is 0 Å². The first-order valence-electron chi connectivity index (χ1n) is 30.0. The van der Waals surface area contributed by atoms with Crippen LogP contribution in [0.2, 0.25) is 5.02 Å². The number of benzene rings is 2. The predicted octanol–water partition coefficient (Wildman–Crippen LogP) is 6.87. The van der Waals surface area contributed by atoms with Crippen molar-refractivity contribution in [1.29, 1.82) is 0 Å². The van der Waals surface area contributed by atoms with Crippen LogP contribution in [0.5, 0.6) is 0 Å². The van der Waals surface area contributed by atoms with Crippen LogP contribution in [0.3, 0.4) is 0 Å². The number of carbonyl (C=O) groups is 5. The summed E-state index contributed by atoms with van der Waals surface area (Å²) >= 11 is 5.90. The lowest BCUT2D eigenvalue weighted by Crippen LogP contribution is -2.51. The number of likely N-dealkylation sites (N-methyl/N-ethyl adjacent to an activating group) is 1. The van der Waals surface area contributed by atoms with Gasteiger partial charge in [-0.25, -0.2) is 29.7 Å². The smallest absolute Gasteiger partial charge is 0.411 e. The number of aromatic nitrogens is 5. The summed E-state index contributed by atoms with van der Waals surface area (Å²) in [6, 6.07) is 18.9. The summed E-state index contributed by atoms with van der Waals surface area (Å²) in [6.45, 7) is 23.1. The number of aryl methyl sites for hydroxylation is 1. The number of hydrogen-bond acceptors (Lipinski definition) is 16. The molecule has 4 aliphatic rings. The van der Waals surface area contributed by atoms with Crippen LogP contribution in [0.15, 0.2) is 85.7 Å². The van der Waals surface area contributed by atoms with E-state index in [2.05, 4.69) is 81.6 Å². The summed E-state index contributed by atoms with van der Waals surface area (Å²) in [5.74, 6) is 1.12. The SMILES string of the molecule is CC.CCc1cccc(-c2cnc(C(=O)N3CCN(CC4CCN(CC(=O)NCCNC)CC4)CC3)c(NC(=O)CN(Cc3ccncn3)C(=O)OC(C)(C)C)c2)c1.C[C@@H]1CC(O)c2ncnc(N3CCN(C(=O)Cc4ccc(Cl)cc4)CC3)c21. The molecule has 5 aromatic rings. The quantitative estimate of drug-likeness (QED) is 0.0656. The van der Waals surface area contributed by atoms with Gasteiger partial charge >= 0.3 is 6.09 Å². The van der Waals surface area contributed by atoms with Crippen LogP contribution in [-0.4, -0.2) is 195 Å². The number of carbonyl (C=O) groups excluding carboxylic acids is 5. The van der Waals surface area contributed by atoms with E-state index in [0.29, 0.717) is 68.7 Å². The number of nitrogens with one attached hydrogen (secondary N) is 3. The van der Waals surface area contributed by atoms with Gasteiger partial charge in [-0.1, -0.05) is 75.7 Å². The van der Waals surface area contributed by atoms with Gasteiger partial charge in [0.25, 0.3) is 5.91 Å². The normalized spacial score (nSPS) is 17.4. The van der Waals surface area contributed by atoms with E-state index in [0.717, 1.165) is 111 Å². The van der Waals surface area contributed by atoms with Crippen LogP contribution in [0.4, 0.5) is 16.3 Å². The van der Waals surface area contributed by atoms with Gasteiger partial charge in [0.15, 0.2) is 5.69 Å². The maximum absolute atomic E-state index is 14.1. The molecule has 85 heavy (non-hydrogen) atoms. The monoisotopic (exact) mass is 1190 g/mol. The number of halogens is 1. The second kappa shape index (κ2) is 31.8.